The highest BCUT2D eigenvalue weighted by Crippen LogP contribution is 2.39. The van der Waals surface area contributed by atoms with Crippen molar-refractivity contribution in [2.24, 2.45) is 0 Å². The van der Waals surface area contributed by atoms with Gasteiger partial charge in [0.1, 0.15) is 11.9 Å². The lowest BCUT2D eigenvalue weighted by atomic mass is 10.1. The maximum absolute atomic E-state index is 6.05. The highest BCUT2D eigenvalue weighted by molar-refractivity contribution is 7.07. The number of nitrogens with one attached hydrogen (secondary N) is 1. The smallest absolute Gasteiger partial charge is 0.146 e. The molecule has 0 bridgehead atoms. The molecule has 0 saturated heterocycles. The van der Waals surface area contributed by atoms with Crippen LogP contribution < -0.4 is 10.1 Å². The molecule has 0 amide bonds. The summed E-state index contributed by atoms with van der Waals surface area (Å²) in [7, 11) is 0. The highest BCUT2D eigenvalue weighted by Gasteiger charge is 2.22. The van der Waals surface area contributed by atoms with Gasteiger partial charge in [-0.3, -0.25) is 0 Å². The molecule has 0 spiro atoms. The summed E-state index contributed by atoms with van der Waals surface area (Å²) in [6.45, 7) is 2.80. The molecule has 1 atom stereocenters. The predicted octanol–water partition coefficient (Wildman–Crippen LogP) is 4.26. The molecule has 1 aromatic carbocycles. The minimum atomic E-state index is 0.0913. The van der Waals surface area contributed by atoms with E-state index in [1.54, 1.807) is 11.3 Å². The van der Waals surface area contributed by atoms with Crippen molar-refractivity contribution in [3.8, 4) is 5.75 Å². The summed E-state index contributed by atoms with van der Waals surface area (Å²) in [6.07, 6.45) is 0.0913. The van der Waals surface area contributed by atoms with Crippen LogP contribution in [0.1, 0.15) is 17.2 Å². The fourth-order valence-electron chi connectivity index (χ4n) is 2.05. The topological polar surface area (TPSA) is 21.3 Å². The molecule has 0 saturated carbocycles. The third kappa shape index (κ3) is 2.01. The molecule has 1 aliphatic heterocycles. The SMILES string of the molecule is Cc1cc(Cl)cc2c1OC(c1ccsc1)CN2. The Morgan fingerprint density at radius 2 is 2.35 bits per heavy atom. The van der Waals surface area contributed by atoms with Gasteiger partial charge < -0.3 is 10.1 Å². The van der Waals surface area contributed by atoms with E-state index in [-0.39, 0.29) is 6.10 Å². The molecule has 2 nitrogen and oxygen atoms in total. The maximum atomic E-state index is 6.05. The number of thiophene rings is 1. The van der Waals surface area contributed by atoms with Crippen molar-refractivity contribution in [2.75, 3.05) is 11.9 Å². The number of hydrogen-bond acceptors (Lipinski definition) is 3. The van der Waals surface area contributed by atoms with Gasteiger partial charge in [0, 0.05) is 10.6 Å². The van der Waals surface area contributed by atoms with Gasteiger partial charge in [0.05, 0.1) is 12.2 Å². The van der Waals surface area contributed by atoms with E-state index in [0.717, 1.165) is 28.6 Å². The number of halogens is 1. The van der Waals surface area contributed by atoms with Crippen molar-refractivity contribution in [3.63, 3.8) is 0 Å². The standard InChI is InChI=1S/C13H12ClNOS/c1-8-4-10(14)5-11-13(8)16-12(6-15-11)9-2-3-17-7-9/h2-5,7,12,15H,6H2,1H3. The number of aryl methyl sites for hydroxylation is 1. The Labute approximate surface area is 109 Å². The minimum absolute atomic E-state index is 0.0913. The number of anilines is 1. The lowest BCUT2D eigenvalue weighted by molar-refractivity contribution is 0.209. The number of ether oxygens (including phenoxy) is 1. The molecule has 17 heavy (non-hydrogen) atoms. The molecule has 0 fully saturated rings. The van der Waals surface area contributed by atoms with Crippen LogP contribution in [-0.2, 0) is 0 Å². The van der Waals surface area contributed by atoms with Crippen molar-refractivity contribution >= 4 is 28.6 Å². The Balaban J connectivity index is 1.95. The first-order valence-corrected chi connectivity index (χ1v) is 6.79. The van der Waals surface area contributed by atoms with Crippen LogP contribution in [0, 0.1) is 6.92 Å². The Kier molecular flexibility index (Phi) is 2.73. The van der Waals surface area contributed by atoms with Gasteiger partial charge in [-0.05, 0) is 41.4 Å². The highest BCUT2D eigenvalue weighted by atomic mass is 35.5. The second-order valence-corrected chi connectivity index (χ2v) is 5.36. The summed E-state index contributed by atoms with van der Waals surface area (Å²) in [5.74, 6) is 0.914. The number of hydrogen-bond donors (Lipinski definition) is 1. The first-order valence-electron chi connectivity index (χ1n) is 5.47. The third-order valence-electron chi connectivity index (χ3n) is 2.89. The Bertz CT molecular complexity index is 539. The molecular formula is C13H12ClNOS. The van der Waals surface area contributed by atoms with Crippen LogP contribution in [0.5, 0.6) is 5.75 Å². The molecule has 88 valence electrons. The predicted molar refractivity (Wildman–Crippen MR) is 72.4 cm³/mol. The molecule has 1 aromatic heterocycles. The van der Waals surface area contributed by atoms with Crippen LogP contribution in [0.4, 0.5) is 5.69 Å². The van der Waals surface area contributed by atoms with Crippen LogP contribution >= 0.6 is 22.9 Å². The van der Waals surface area contributed by atoms with Gasteiger partial charge in [-0.1, -0.05) is 11.6 Å². The van der Waals surface area contributed by atoms with Crippen molar-refractivity contribution < 1.29 is 4.74 Å². The van der Waals surface area contributed by atoms with Gasteiger partial charge in [-0.25, -0.2) is 0 Å². The summed E-state index contributed by atoms with van der Waals surface area (Å²) in [4.78, 5) is 0. The van der Waals surface area contributed by atoms with Crippen LogP contribution in [0.2, 0.25) is 5.02 Å². The van der Waals surface area contributed by atoms with Crippen molar-refractivity contribution in [1.82, 2.24) is 0 Å². The second kappa shape index (κ2) is 4.24. The normalized spacial score (nSPS) is 18.1. The zero-order chi connectivity index (χ0) is 11.8. The molecule has 3 rings (SSSR count). The molecule has 1 aliphatic rings. The van der Waals surface area contributed by atoms with Gasteiger partial charge in [0.2, 0.25) is 0 Å². The molecule has 1 unspecified atom stereocenters. The molecule has 1 N–H and O–H groups in total. The van der Waals surface area contributed by atoms with Crippen LogP contribution in [-0.4, -0.2) is 6.54 Å². The fraction of sp³-hybridized carbons (Fsp3) is 0.231. The van der Waals surface area contributed by atoms with E-state index in [1.807, 2.05) is 19.1 Å². The van der Waals surface area contributed by atoms with Crippen LogP contribution in [0.15, 0.2) is 29.0 Å². The summed E-state index contributed by atoms with van der Waals surface area (Å²) in [5, 5.41) is 8.32. The van der Waals surface area contributed by atoms with Gasteiger partial charge in [-0.15, -0.1) is 0 Å². The zero-order valence-electron chi connectivity index (χ0n) is 9.37. The first kappa shape index (κ1) is 10.9. The summed E-state index contributed by atoms with van der Waals surface area (Å²) >= 11 is 7.72. The van der Waals surface area contributed by atoms with E-state index in [0.29, 0.717) is 0 Å². The quantitative estimate of drug-likeness (QED) is 0.832. The molecular weight excluding hydrogens is 254 g/mol. The van der Waals surface area contributed by atoms with Crippen molar-refractivity contribution in [1.29, 1.82) is 0 Å². The molecule has 2 aromatic rings. The summed E-state index contributed by atoms with van der Waals surface area (Å²) in [6, 6.07) is 5.94. The summed E-state index contributed by atoms with van der Waals surface area (Å²) < 4.78 is 6.05. The van der Waals surface area contributed by atoms with E-state index >= 15 is 0 Å². The Morgan fingerprint density at radius 3 is 3.12 bits per heavy atom. The van der Waals surface area contributed by atoms with E-state index in [1.165, 1.54) is 5.56 Å². The minimum Gasteiger partial charge on any atom is -0.481 e. The average Bonchev–Trinajstić information content (AvgIpc) is 2.82. The van der Waals surface area contributed by atoms with Gasteiger partial charge >= 0.3 is 0 Å². The average molecular weight is 266 g/mol. The van der Waals surface area contributed by atoms with Crippen molar-refractivity contribution in [3.05, 3.63) is 45.1 Å². The second-order valence-electron chi connectivity index (χ2n) is 4.14. The van der Waals surface area contributed by atoms with Crippen molar-refractivity contribution in [2.45, 2.75) is 13.0 Å². The van der Waals surface area contributed by atoms with E-state index in [2.05, 4.69) is 22.1 Å². The van der Waals surface area contributed by atoms with Gasteiger partial charge in [0.25, 0.3) is 0 Å². The fourth-order valence-corrected chi connectivity index (χ4v) is 3.02. The van der Waals surface area contributed by atoms with E-state index in [4.69, 9.17) is 16.3 Å². The first-order chi connectivity index (χ1) is 8.24. The Hall–Kier alpha value is -1.19. The van der Waals surface area contributed by atoms with Gasteiger partial charge in [0.15, 0.2) is 0 Å². The Morgan fingerprint density at radius 1 is 1.47 bits per heavy atom. The molecule has 2 heterocycles. The lowest BCUT2D eigenvalue weighted by Crippen LogP contribution is -2.23. The number of fused-ring (bicyclic) bond motifs is 1. The molecule has 4 heteroatoms. The zero-order valence-corrected chi connectivity index (χ0v) is 10.9. The van der Waals surface area contributed by atoms with Gasteiger partial charge in [-0.2, -0.15) is 11.3 Å². The molecule has 0 aliphatic carbocycles. The maximum Gasteiger partial charge on any atom is 0.146 e. The van der Waals surface area contributed by atoms with E-state index in [9.17, 15) is 0 Å². The largest absolute Gasteiger partial charge is 0.481 e. The number of benzene rings is 1. The van der Waals surface area contributed by atoms with Crippen LogP contribution in [0.25, 0.3) is 0 Å². The lowest BCUT2D eigenvalue weighted by Gasteiger charge is -2.28. The van der Waals surface area contributed by atoms with Crippen LogP contribution in [0.3, 0.4) is 0 Å². The molecule has 0 radical (unpaired) electrons. The monoisotopic (exact) mass is 265 g/mol. The number of rotatable bonds is 1. The summed E-state index contributed by atoms with van der Waals surface area (Å²) in [5.41, 5.74) is 3.28. The third-order valence-corrected chi connectivity index (χ3v) is 3.81. The van der Waals surface area contributed by atoms with E-state index < -0.39 is 0 Å².